The first-order valence-corrected chi connectivity index (χ1v) is 5.53. The zero-order valence-electron chi connectivity index (χ0n) is 10.1. The summed E-state index contributed by atoms with van der Waals surface area (Å²) >= 11 is 0. The molecule has 0 amide bonds. The second-order valence-electron chi connectivity index (χ2n) is 3.49. The molecule has 0 aliphatic carbocycles. The molecule has 4 heteroatoms. The van der Waals surface area contributed by atoms with Gasteiger partial charge >= 0.3 is 0 Å². The summed E-state index contributed by atoms with van der Waals surface area (Å²) in [4.78, 5) is 22.2. The molecule has 0 aliphatic heterocycles. The number of aromatic amines is 1. The van der Waals surface area contributed by atoms with Crippen molar-refractivity contribution in [3.8, 4) is 0 Å². The van der Waals surface area contributed by atoms with Crippen molar-refractivity contribution < 1.29 is 0 Å². The molecule has 0 aliphatic rings. The van der Waals surface area contributed by atoms with E-state index in [2.05, 4.69) is 15.0 Å². The molecular weight excluding hydrogens is 202 g/mol. The monoisotopic (exact) mass is 219 g/mol. The molecule has 0 aromatic carbocycles. The van der Waals surface area contributed by atoms with Crippen LogP contribution in [0.4, 0.5) is 0 Å². The van der Waals surface area contributed by atoms with Gasteiger partial charge < -0.3 is 4.98 Å². The molecule has 0 atom stereocenters. The second-order valence-corrected chi connectivity index (χ2v) is 3.49. The quantitative estimate of drug-likeness (QED) is 0.801. The molecule has 2 heterocycles. The van der Waals surface area contributed by atoms with Crippen molar-refractivity contribution >= 4 is 11.0 Å². The maximum Gasteiger partial charge on any atom is 0.277 e. The molecule has 0 saturated heterocycles. The van der Waals surface area contributed by atoms with E-state index >= 15 is 0 Å². The minimum absolute atomic E-state index is 0.183. The van der Waals surface area contributed by atoms with E-state index in [1.807, 2.05) is 39.8 Å². The summed E-state index contributed by atoms with van der Waals surface area (Å²) in [5.41, 5.74) is 1.78. The largest absolute Gasteiger partial charge is 0.311 e. The van der Waals surface area contributed by atoms with Gasteiger partial charge in [0.05, 0.1) is 11.8 Å². The van der Waals surface area contributed by atoms with Crippen molar-refractivity contribution in [3.05, 3.63) is 34.5 Å². The number of aromatic nitrogens is 3. The SMILES string of the molecule is CC.CC(C)c1ccc2nc[nH]c(=O)c2n1. The van der Waals surface area contributed by atoms with Crippen molar-refractivity contribution in [2.75, 3.05) is 0 Å². The number of hydrogen-bond donors (Lipinski definition) is 1. The molecule has 2 aromatic rings. The van der Waals surface area contributed by atoms with Gasteiger partial charge in [-0.15, -0.1) is 0 Å². The van der Waals surface area contributed by atoms with Crippen molar-refractivity contribution in [3.63, 3.8) is 0 Å². The Morgan fingerprint density at radius 1 is 1.25 bits per heavy atom. The highest BCUT2D eigenvalue weighted by Crippen LogP contribution is 2.13. The Hall–Kier alpha value is -1.71. The van der Waals surface area contributed by atoms with Gasteiger partial charge in [-0.3, -0.25) is 4.79 Å². The minimum atomic E-state index is -0.183. The summed E-state index contributed by atoms with van der Waals surface area (Å²) < 4.78 is 0. The van der Waals surface area contributed by atoms with E-state index in [0.717, 1.165) is 5.69 Å². The lowest BCUT2D eigenvalue weighted by Gasteiger charge is -2.03. The third kappa shape index (κ3) is 2.45. The molecule has 1 N–H and O–H groups in total. The number of fused-ring (bicyclic) bond motifs is 1. The van der Waals surface area contributed by atoms with Gasteiger partial charge in [0.2, 0.25) is 0 Å². The molecule has 0 radical (unpaired) electrons. The van der Waals surface area contributed by atoms with Crippen molar-refractivity contribution in [2.45, 2.75) is 33.6 Å². The maximum absolute atomic E-state index is 11.4. The molecular formula is C12H17N3O. The van der Waals surface area contributed by atoms with Crippen LogP contribution in [0.3, 0.4) is 0 Å². The van der Waals surface area contributed by atoms with Gasteiger partial charge in [-0.05, 0) is 18.1 Å². The third-order valence-electron chi connectivity index (χ3n) is 2.10. The van der Waals surface area contributed by atoms with E-state index < -0.39 is 0 Å². The molecule has 4 nitrogen and oxygen atoms in total. The first-order valence-electron chi connectivity index (χ1n) is 5.53. The van der Waals surface area contributed by atoms with Crippen molar-refractivity contribution in [1.29, 1.82) is 0 Å². The smallest absolute Gasteiger partial charge is 0.277 e. The second kappa shape index (κ2) is 5.39. The van der Waals surface area contributed by atoms with Crippen LogP contribution in [0.25, 0.3) is 11.0 Å². The van der Waals surface area contributed by atoms with E-state index in [9.17, 15) is 4.79 Å². The number of nitrogens with one attached hydrogen (secondary N) is 1. The molecule has 0 saturated carbocycles. The fourth-order valence-corrected chi connectivity index (χ4v) is 1.29. The Kier molecular flexibility index (Phi) is 4.17. The zero-order valence-corrected chi connectivity index (χ0v) is 10.1. The molecule has 0 spiro atoms. The van der Waals surface area contributed by atoms with Crippen LogP contribution >= 0.6 is 0 Å². The predicted molar refractivity (Wildman–Crippen MR) is 65.6 cm³/mol. The summed E-state index contributed by atoms with van der Waals surface area (Å²) in [6, 6.07) is 3.73. The fourth-order valence-electron chi connectivity index (χ4n) is 1.29. The zero-order chi connectivity index (χ0) is 12.1. The highest BCUT2D eigenvalue weighted by atomic mass is 16.1. The van der Waals surface area contributed by atoms with Crippen LogP contribution in [0, 0.1) is 0 Å². The molecule has 0 bridgehead atoms. The number of H-pyrrole nitrogens is 1. The average Bonchev–Trinajstić information content (AvgIpc) is 2.32. The summed E-state index contributed by atoms with van der Waals surface area (Å²) in [6.45, 7) is 8.08. The van der Waals surface area contributed by atoms with Gasteiger partial charge in [0, 0.05) is 5.69 Å². The summed E-state index contributed by atoms with van der Waals surface area (Å²) in [7, 11) is 0. The van der Waals surface area contributed by atoms with E-state index in [1.165, 1.54) is 6.33 Å². The van der Waals surface area contributed by atoms with Gasteiger partial charge in [0.15, 0.2) is 5.52 Å². The number of rotatable bonds is 1. The maximum atomic E-state index is 11.4. The molecule has 0 fully saturated rings. The van der Waals surface area contributed by atoms with Crippen LogP contribution in [0.15, 0.2) is 23.3 Å². The van der Waals surface area contributed by atoms with E-state index in [-0.39, 0.29) is 5.56 Å². The van der Waals surface area contributed by atoms with Gasteiger partial charge in [0.25, 0.3) is 5.56 Å². The van der Waals surface area contributed by atoms with Crippen LogP contribution in [0.5, 0.6) is 0 Å². The highest BCUT2D eigenvalue weighted by Gasteiger charge is 2.05. The Bertz CT molecular complexity index is 517. The van der Waals surface area contributed by atoms with Gasteiger partial charge in [-0.25, -0.2) is 9.97 Å². The van der Waals surface area contributed by atoms with Gasteiger partial charge in [-0.2, -0.15) is 0 Å². The van der Waals surface area contributed by atoms with Crippen LogP contribution in [-0.2, 0) is 0 Å². The van der Waals surface area contributed by atoms with Crippen LogP contribution in [0.1, 0.15) is 39.3 Å². The normalized spacial score (nSPS) is 10.1. The predicted octanol–water partition coefficient (Wildman–Crippen LogP) is 2.47. The average molecular weight is 219 g/mol. The molecule has 2 rings (SSSR count). The molecule has 16 heavy (non-hydrogen) atoms. The first kappa shape index (κ1) is 12.4. The lowest BCUT2D eigenvalue weighted by Crippen LogP contribution is -2.09. The highest BCUT2D eigenvalue weighted by molar-refractivity contribution is 5.72. The summed E-state index contributed by atoms with van der Waals surface area (Å²) in [5, 5.41) is 0. The lowest BCUT2D eigenvalue weighted by atomic mass is 10.1. The topological polar surface area (TPSA) is 58.6 Å². The standard InChI is InChI=1S/C10H11N3O.C2H6/c1-6(2)7-3-4-8-9(13-7)10(14)12-5-11-8;1-2/h3-6H,1-2H3,(H,11,12,14);1-2H3. The van der Waals surface area contributed by atoms with Gasteiger partial charge in [0.1, 0.15) is 0 Å². The van der Waals surface area contributed by atoms with E-state index in [0.29, 0.717) is 17.0 Å². The molecule has 2 aromatic heterocycles. The summed E-state index contributed by atoms with van der Waals surface area (Å²) in [5.74, 6) is 0.319. The van der Waals surface area contributed by atoms with Crippen LogP contribution < -0.4 is 5.56 Å². The molecule has 86 valence electrons. The number of pyridine rings is 1. The Morgan fingerprint density at radius 3 is 2.56 bits per heavy atom. The molecule has 0 unspecified atom stereocenters. The Labute approximate surface area is 94.8 Å². The Balaban J connectivity index is 0.000000606. The summed E-state index contributed by atoms with van der Waals surface area (Å²) in [6.07, 6.45) is 1.39. The van der Waals surface area contributed by atoms with Crippen molar-refractivity contribution in [2.24, 2.45) is 0 Å². The Morgan fingerprint density at radius 2 is 1.94 bits per heavy atom. The van der Waals surface area contributed by atoms with Crippen LogP contribution in [-0.4, -0.2) is 15.0 Å². The third-order valence-corrected chi connectivity index (χ3v) is 2.10. The van der Waals surface area contributed by atoms with Crippen molar-refractivity contribution in [1.82, 2.24) is 15.0 Å². The van der Waals surface area contributed by atoms with Crippen LogP contribution in [0.2, 0.25) is 0 Å². The number of hydrogen-bond acceptors (Lipinski definition) is 3. The minimum Gasteiger partial charge on any atom is -0.311 e. The lowest BCUT2D eigenvalue weighted by molar-refractivity contribution is 0.828. The fraction of sp³-hybridized carbons (Fsp3) is 0.417. The van der Waals surface area contributed by atoms with Gasteiger partial charge in [-0.1, -0.05) is 27.7 Å². The van der Waals surface area contributed by atoms with E-state index in [1.54, 1.807) is 0 Å². The van der Waals surface area contributed by atoms with E-state index in [4.69, 9.17) is 0 Å². The first-order chi connectivity index (χ1) is 7.68. The number of nitrogens with zero attached hydrogens (tertiary/aromatic N) is 2.